The van der Waals surface area contributed by atoms with Gasteiger partial charge in [0.2, 0.25) is 0 Å². The summed E-state index contributed by atoms with van der Waals surface area (Å²) in [6.07, 6.45) is 3.56. The summed E-state index contributed by atoms with van der Waals surface area (Å²) >= 11 is 5.85. The van der Waals surface area contributed by atoms with Gasteiger partial charge in [0.25, 0.3) is 5.91 Å². The number of aliphatic hydroxyl groups is 1. The molecule has 1 unspecified atom stereocenters. The van der Waals surface area contributed by atoms with Crippen LogP contribution in [0.25, 0.3) is 0 Å². The summed E-state index contributed by atoms with van der Waals surface area (Å²) in [5, 5.41) is 12.2. The van der Waals surface area contributed by atoms with E-state index in [1.807, 2.05) is 6.92 Å². The first-order valence-corrected chi connectivity index (χ1v) is 5.43. The van der Waals surface area contributed by atoms with Crippen molar-refractivity contribution in [1.29, 1.82) is 0 Å². The lowest BCUT2D eigenvalue weighted by Crippen LogP contribution is -2.48. The predicted molar refractivity (Wildman–Crippen MR) is 62.5 cm³/mol. The molecule has 1 rings (SSSR count). The quantitative estimate of drug-likeness (QED) is 0.844. The van der Waals surface area contributed by atoms with Gasteiger partial charge in [0.05, 0.1) is 22.7 Å². The molecule has 1 aromatic heterocycles. The molecule has 1 atom stereocenters. The topological polar surface area (TPSA) is 62.2 Å². The Hall–Kier alpha value is -1.13. The van der Waals surface area contributed by atoms with Crippen molar-refractivity contribution in [3.8, 4) is 0 Å². The number of carbonyl (C=O) groups is 1. The van der Waals surface area contributed by atoms with Crippen LogP contribution in [0, 0.1) is 0 Å². The molecule has 0 saturated heterocycles. The number of carbonyl (C=O) groups excluding carboxylic acids is 1. The fourth-order valence-electron chi connectivity index (χ4n) is 1.14. The Balaban J connectivity index is 2.84. The van der Waals surface area contributed by atoms with Crippen LogP contribution in [0.4, 0.5) is 0 Å². The second-order valence-corrected chi connectivity index (χ2v) is 4.29. The van der Waals surface area contributed by atoms with Crippen LogP contribution in [0.5, 0.6) is 0 Å². The van der Waals surface area contributed by atoms with Gasteiger partial charge in [0.15, 0.2) is 0 Å². The summed E-state index contributed by atoms with van der Waals surface area (Å²) in [5.41, 5.74) is -0.256. The zero-order chi connectivity index (χ0) is 12.2. The third-order valence-electron chi connectivity index (χ3n) is 2.56. The standard InChI is InChI=1S/C11H15ClN2O2/c1-3-11(2,7-15)14-10(16)8-4-5-13-6-9(8)12/h4-6,15H,3,7H2,1-2H3,(H,14,16). The SMILES string of the molecule is CCC(C)(CO)NC(=O)c1ccncc1Cl. The van der Waals surface area contributed by atoms with Crippen LogP contribution in [0.15, 0.2) is 18.5 Å². The van der Waals surface area contributed by atoms with E-state index in [0.29, 0.717) is 17.0 Å². The van der Waals surface area contributed by atoms with Crippen LogP contribution in [0.2, 0.25) is 5.02 Å². The molecule has 2 N–H and O–H groups in total. The third-order valence-corrected chi connectivity index (χ3v) is 2.86. The van der Waals surface area contributed by atoms with Gasteiger partial charge in [-0.05, 0) is 19.4 Å². The highest BCUT2D eigenvalue weighted by Gasteiger charge is 2.24. The second-order valence-electron chi connectivity index (χ2n) is 3.88. The molecule has 0 aliphatic heterocycles. The van der Waals surface area contributed by atoms with E-state index in [1.165, 1.54) is 12.4 Å². The lowest BCUT2D eigenvalue weighted by molar-refractivity contribution is 0.0847. The minimum Gasteiger partial charge on any atom is -0.394 e. The summed E-state index contributed by atoms with van der Waals surface area (Å²) in [6.45, 7) is 3.56. The van der Waals surface area contributed by atoms with Crippen LogP contribution >= 0.6 is 11.6 Å². The fourth-order valence-corrected chi connectivity index (χ4v) is 1.35. The first-order chi connectivity index (χ1) is 7.52. The summed E-state index contributed by atoms with van der Waals surface area (Å²) in [5.74, 6) is -0.300. The number of hydrogen-bond acceptors (Lipinski definition) is 3. The molecule has 0 aromatic carbocycles. The molecule has 1 heterocycles. The highest BCUT2D eigenvalue weighted by atomic mass is 35.5. The molecule has 0 aliphatic rings. The van der Waals surface area contributed by atoms with E-state index in [9.17, 15) is 9.90 Å². The smallest absolute Gasteiger partial charge is 0.253 e. The van der Waals surface area contributed by atoms with E-state index in [-0.39, 0.29) is 12.5 Å². The van der Waals surface area contributed by atoms with Crippen LogP contribution in [-0.4, -0.2) is 28.1 Å². The average Bonchev–Trinajstić information content (AvgIpc) is 2.29. The van der Waals surface area contributed by atoms with Crippen molar-refractivity contribution in [2.75, 3.05) is 6.61 Å². The van der Waals surface area contributed by atoms with Crippen LogP contribution in [-0.2, 0) is 0 Å². The van der Waals surface area contributed by atoms with E-state index < -0.39 is 5.54 Å². The first-order valence-electron chi connectivity index (χ1n) is 5.05. The summed E-state index contributed by atoms with van der Waals surface area (Å²) in [6, 6.07) is 1.55. The van der Waals surface area contributed by atoms with Gasteiger partial charge >= 0.3 is 0 Å². The van der Waals surface area contributed by atoms with E-state index >= 15 is 0 Å². The van der Waals surface area contributed by atoms with Gasteiger partial charge in [0.1, 0.15) is 0 Å². The van der Waals surface area contributed by atoms with Crippen molar-refractivity contribution in [2.45, 2.75) is 25.8 Å². The van der Waals surface area contributed by atoms with Crippen molar-refractivity contribution in [3.63, 3.8) is 0 Å². The molecule has 5 heteroatoms. The Morgan fingerprint density at radius 2 is 2.38 bits per heavy atom. The Morgan fingerprint density at radius 1 is 1.69 bits per heavy atom. The van der Waals surface area contributed by atoms with E-state index in [1.54, 1.807) is 13.0 Å². The molecule has 0 bridgehead atoms. The second kappa shape index (κ2) is 5.27. The van der Waals surface area contributed by atoms with Crippen LogP contribution in [0.3, 0.4) is 0 Å². The first kappa shape index (κ1) is 12.9. The van der Waals surface area contributed by atoms with Crippen molar-refractivity contribution >= 4 is 17.5 Å². The van der Waals surface area contributed by atoms with E-state index in [2.05, 4.69) is 10.3 Å². The van der Waals surface area contributed by atoms with Crippen LogP contribution < -0.4 is 5.32 Å². The van der Waals surface area contributed by atoms with Crippen molar-refractivity contribution in [1.82, 2.24) is 10.3 Å². The Kier molecular flexibility index (Phi) is 4.26. The fraction of sp³-hybridized carbons (Fsp3) is 0.455. The predicted octanol–water partition coefficient (Wildman–Crippen LogP) is 1.63. The number of hydrogen-bond donors (Lipinski definition) is 2. The number of rotatable bonds is 4. The van der Waals surface area contributed by atoms with Gasteiger partial charge in [0, 0.05) is 12.4 Å². The molecule has 0 spiro atoms. The number of aliphatic hydroxyl groups excluding tert-OH is 1. The van der Waals surface area contributed by atoms with Gasteiger partial charge in [-0.2, -0.15) is 0 Å². The number of aromatic nitrogens is 1. The van der Waals surface area contributed by atoms with Crippen molar-refractivity contribution < 1.29 is 9.90 Å². The molecular weight excluding hydrogens is 228 g/mol. The highest BCUT2D eigenvalue weighted by molar-refractivity contribution is 6.33. The number of amides is 1. The minimum atomic E-state index is -0.621. The summed E-state index contributed by atoms with van der Waals surface area (Å²) in [4.78, 5) is 15.7. The molecule has 4 nitrogen and oxygen atoms in total. The Bertz CT molecular complexity index is 378. The maximum Gasteiger partial charge on any atom is 0.253 e. The molecule has 1 aromatic rings. The van der Waals surface area contributed by atoms with Crippen molar-refractivity contribution in [3.05, 3.63) is 29.0 Å². The molecular formula is C11H15ClN2O2. The average molecular weight is 243 g/mol. The number of halogens is 1. The maximum absolute atomic E-state index is 11.9. The Morgan fingerprint density at radius 3 is 2.88 bits per heavy atom. The monoisotopic (exact) mass is 242 g/mol. The molecule has 88 valence electrons. The summed E-state index contributed by atoms with van der Waals surface area (Å²) in [7, 11) is 0. The van der Waals surface area contributed by atoms with Gasteiger partial charge in [-0.15, -0.1) is 0 Å². The lowest BCUT2D eigenvalue weighted by atomic mass is 10.00. The molecule has 0 saturated carbocycles. The third kappa shape index (κ3) is 2.93. The maximum atomic E-state index is 11.9. The van der Waals surface area contributed by atoms with Crippen molar-refractivity contribution in [2.24, 2.45) is 0 Å². The zero-order valence-corrected chi connectivity index (χ0v) is 10.1. The minimum absolute atomic E-state index is 0.113. The molecule has 0 fully saturated rings. The number of nitrogens with zero attached hydrogens (tertiary/aromatic N) is 1. The van der Waals surface area contributed by atoms with E-state index in [4.69, 9.17) is 11.6 Å². The van der Waals surface area contributed by atoms with Crippen LogP contribution in [0.1, 0.15) is 30.6 Å². The van der Waals surface area contributed by atoms with Gasteiger partial charge in [-0.3, -0.25) is 9.78 Å². The van der Waals surface area contributed by atoms with Gasteiger partial charge in [-0.25, -0.2) is 0 Å². The molecule has 0 aliphatic carbocycles. The Labute approximate surface area is 99.6 Å². The van der Waals surface area contributed by atoms with E-state index in [0.717, 1.165) is 0 Å². The molecule has 1 amide bonds. The number of pyridine rings is 1. The molecule has 0 radical (unpaired) electrons. The normalized spacial score (nSPS) is 14.2. The zero-order valence-electron chi connectivity index (χ0n) is 9.33. The lowest BCUT2D eigenvalue weighted by Gasteiger charge is -2.27. The van der Waals surface area contributed by atoms with Gasteiger partial charge < -0.3 is 10.4 Å². The molecule has 16 heavy (non-hydrogen) atoms. The highest BCUT2D eigenvalue weighted by Crippen LogP contribution is 2.15. The summed E-state index contributed by atoms with van der Waals surface area (Å²) < 4.78 is 0. The largest absolute Gasteiger partial charge is 0.394 e. The number of nitrogens with one attached hydrogen (secondary N) is 1. The van der Waals surface area contributed by atoms with Gasteiger partial charge in [-0.1, -0.05) is 18.5 Å².